The standard InChI is InChI=1S/C18H36N4O2.HI/c1-16-5-3-9-22(13-16)10-8-21-18(19-2)20-7-4-11-23-14-17-6-12-24-15-17;/h16-17H,3-15H2,1-2H3,(H2,19,20,21);1H. The van der Waals surface area contributed by atoms with E-state index >= 15 is 0 Å². The number of ether oxygens (including phenoxy) is 2. The van der Waals surface area contributed by atoms with Crippen molar-refractivity contribution in [3.63, 3.8) is 0 Å². The maximum absolute atomic E-state index is 5.72. The molecule has 0 aromatic heterocycles. The molecule has 0 spiro atoms. The van der Waals surface area contributed by atoms with Crippen molar-refractivity contribution in [3.8, 4) is 0 Å². The van der Waals surface area contributed by atoms with Crippen molar-refractivity contribution >= 4 is 29.9 Å². The van der Waals surface area contributed by atoms with Crippen molar-refractivity contribution in [3.05, 3.63) is 0 Å². The maximum atomic E-state index is 5.72. The van der Waals surface area contributed by atoms with Crippen LogP contribution in [0.25, 0.3) is 0 Å². The van der Waals surface area contributed by atoms with Gasteiger partial charge in [-0.3, -0.25) is 4.99 Å². The minimum Gasteiger partial charge on any atom is -0.381 e. The van der Waals surface area contributed by atoms with Gasteiger partial charge in [-0.15, -0.1) is 24.0 Å². The van der Waals surface area contributed by atoms with Crippen molar-refractivity contribution in [2.24, 2.45) is 16.8 Å². The molecule has 0 aliphatic carbocycles. The average molecular weight is 468 g/mol. The quantitative estimate of drug-likeness (QED) is 0.235. The van der Waals surface area contributed by atoms with Gasteiger partial charge >= 0.3 is 0 Å². The number of nitrogens with zero attached hydrogens (tertiary/aromatic N) is 2. The summed E-state index contributed by atoms with van der Waals surface area (Å²) in [5.74, 6) is 2.33. The first-order chi connectivity index (χ1) is 11.8. The van der Waals surface area contributed by atoms with Gasteiger partial charge in [0.15, 0.2) is 5.96 Å². The molecule has 0 amide bonds. The zero-order valence-corrected chi connectivity index (χ0v) is 18.3. The van der Waals surface area contributed by atoms with Crippen molar-refractivity contribution in [2.75, 3.05) is 66.2 Å². The highest BCUT2D eigenvalue weighted by Gasteiger charge is 2.16. The van der Waals surface area contributed by atoms with Gasteiger partial charge in [-0.25, -0.2) is 0 Å². The molecule has 2 heterocycles. The summed E-state index contributed by atoms with van der Waals surface area (Å²) in [5, 5.41) is 6.77. The van der Waals surface area contributed by atoms with Crippen LogP contribution in [0.3, 0.4) is 0 Å². The molecule has 2 aliphatic rings. The first-order valence-electron chi connectivity index (χ1n) is 9.60. The zero-order valence-electron chi connectivity index (χ0n) is 16.0. The second-order valence-corrected chi connectivity index (χ2v) is 7.13. The Kier molecular flexibility index (Phi) is 12.8. The van der Waals surface area contributed by atoms with Crippen molar-refractivity contribution in [1.82, 2.24) is 15.5 Å². The van der Waals surface area contributed by atoms with Crippen LogP contribution in [0.4, 0.5) is 0 Å². The minimum atomic E-state index is 0. The van der Waals surface area contributed by atoms with Gasteiger partial charge in [-0.05, 0) is 38.1 Å². The van der Waals surface area contributed by atoms with Crippen LogP contribution < -0.4 is 10.6 Å². The first-order valence-corrected chi connectivity index (χ1v) is 9.60. The molecular formula is C18H37IN4O2. The molecule has 148 valence electrons. The number of likely N-dealkylation sites (tertiary alicyclic amines) is 1. The summed E-state index contributed by atoms with van der Waals surface area (Å²) in [7, 11) is 1.83. The highest BCUT2D eigenvalue weighted by Crippen LogP contribution is 2.14. The Labute approximate surface area is 170 Å². The Morgan fingerprint density at radius 1 is 1.28 bits per heavy atom. The molecule has 0 saturated carbocycles. The molecular weight excluding hydrogens is 431 g/mol. The fourth-order valence-electron chi connectivity index (χ4n) is 3.39. The molecule has 0 bridgehead atoms. The highest BCUT2D eigenvalue weighted by molar-refractivity contribution is 14.0. The number of piperidine rings is 1. The Morgan fingerprint density at radius 2 is 2.12 bits per heavy atom. The van der Waals surface area contributed by atoms with Gasteiger partial charge < -0.3 is 25.0 Å². The maximum Gasteiger partial charge on any atom is 0.191 e. The molecule has 2 atom stereocenters. The summed E-state index contributed by atoms with van der Waals surface area (Å²) in [4.78, 5) is 6.84. The van der Waals surface area contributed by atoms with E-state index in [-0.39, 0.29) is 24.0 Å². The summed E-state index contributed by atoms with van der Waals surface area (Å²) in [5.41, 5.74) is 0. The van der Waals surface area contributed by atoms with Gasteiger partial charge in [0.05, 0.1) is 13.2 Å². The largest absolute Gasteiger partial charge is 0.381 e. The second-order valence-electron chi connectivity index (χ2n) is 7.13. The number of hydrogen-bond donors (Lipinski definition) is 2. The van der Waals surface area contributed by atoms with E-state index in [4.69, 9.17) is 9.47 Å². The summed E-state index contributed by atoms with van der Waals surface area (Å²) >= 11 is 0. The lowest BCUT2D eigenvalue weighted by Crippen LogP contribution is -2.44. The fourth-order valence-corrected chi connectivity index (χ4v) is 3.39. The Bertz CT molecular complexity index is 365. The molecule has 2 fully saturated rings. The molecule has 25 heavy (non-hydrogen) atoms. The van der Waals surface area contributed by atoms with Crippen LogP contribution in [0.5, 0.6) is 0 Å². The molecule has 7 heteroatoms. The topological polar surface area (TPSA) is 58.1 Å². The third-order valence-corrected chi connectivity index (χ3v) is 4.82. The summed E-state index contributed by atoms with van der Waals surface area (Å²) < 4.78 is 11.1. The summed E-state index contributed by atoms with van der Waals surface area (Å²) in [6.45, 7) is 11.1. The number of nitrogens with one attached hydrogen (secondary N) is 2. The Balaban J connectivity index is 0.00000312. The van der Waals surface area contributed by atoms with Crippen LogP contribution in [-0.2, 0) is 9.47 Å². The zero-order chi connectivity index (χ0) is 17.0. The van der Waals surface area contributed by atoms with Crippen LogP contribution in [0.2, 0.25) is 0 Å². The van der Waals surface area contributed by atoms with E-state index in [0.29, 0.717) is 5.92 Å². The van der Waals surface area contributed by atoms with E-state index in [1.165, 1.54) is 25.9 Å². The van der Waals surface area contributed by atoms with Gasteiger partial charge in [-0.2, -0.15) is 0 Å². The van der Waals surface area contributed by atoms with E-state index in [1.807, 2.05) is 7.05 Å². The van der Waals surface area contributed by atoms with Gasteiger partial charge in [0.1, 0.15) is 0 Å². The van der Waals surface area contributed by atoms with E-state index < -0.39 is 0 Å². The van der Waals surface area contributed by atoms with Crippen molar-refractivity contribution in [2.45, 2.75) is 32.6 Å². The number of hydrogen-bond acceptors (Lipinski definition) is 4. The van der Waals surface area contributed by atoms with Gasteiger partial charge in [0.25, 0.3) is 0 Å². The highest BCUT2D eigenvalue weighted by atomic mass is 127. The molecule has 6 nitrogen and oxygen atoms in total. The van der Waals surface area contributed by atoms with Gasteiger partial charge in [0.2, 0.25) is 0 Å². The second kappa shape index (κ2) is 14.0. The monoisotopic (exact) mass is 468 g/mol. The van der Waals surface area contributed by atoms with Crippen molar-refractivity contribution < 1.29 is 9.47 Å². The van der Waals surface area contributed by atoms with Crippen LogP contribution >= 0.6 is 24.0 Å². The van der Waals surface area contributed by atoms with Gasteiger partial charge in [-0.1, -0.05) is 6.92 Å². The molecule has 2 rings (SSSR count). The molecule has 2 N–H and O–H groups in total. The van der Waals surface area contributed by atoms with Gasteiger partial charge in [0, 0.05) is 52.4 Å². The fraction of sp³-hybridized carbons (Fsp3) is 0.944. The number of guanidine groups is 1. The number of rotatable bonds is 9. The minimum absolute atomic E-state index is 0. The molecule has 0 aromatic carbocycles. The molecule has 2 aliphatic heterocycles. The third kappa shape index (κ3) is 9.96. The molecule has 0 radical (unpaired) electrons. The lowest BCUT2D eigenvalue weighted by Gasteiger charge is -2.30. The summed E-state index contributed by atoms with van der Waals surface area (Å²) in [6.07, 6.45) is 4.85. The normalized spacial score (nSPS) is 24.8. The number of aliphatic imine (C=N–C) groups is 1. The number of halogens is 1. The van der Waals surface area contributed by atoms with E-state index in [1.54, 1.807) is 0 Å². The lowest BCUT2D eigenvalue weighted by atomic mass is 10.0. The SMILES string of the molecule is CN=C(NCCCOCC1CCOC1)NCCN1CCCC(C)C1.I. The smallest absolute Gasteiger partial charge is 0.191 e. The van der Waals surface area contributed by atoms with E-state index in [0.717, 1.165) is 70.8 Å². The first kappa shape index (κ1) is 22.9. The Morgan fingerprint density at radius 3 is 2.84 bits per heavy atom. The van der Waals surface area contributed by atoms with Crippen LogP contribution in [0.1, 0.15) is 32.6 Å². The van der Waals surface area contributed by atoms with Crippen LogP contribution in [-0.4, -0.2) is 77.1 Å². The summed E-state index contributed by atoms with van der Waals surface area (Å²) in [6, 6.07) is 0. The Hall–Kier alpha value is -0.120. The van der Waals surface area contributed by atoms with E-state index in [2.05, 4.69) is 27.4 Å². The third-order valence-electron chi connectivity index (χ3n) is 4.82. The average Bonchev–Trinajstić information content (AvgIpc) is 3.09. The van der Waals surface area contributed by atoms with Crippen LogP contribution in [0.15, 0.2) is 4.99 Å². The van der Waals surface area contributed by atoms with Crippen molar-refractivity contribution in [1.29, 1.82) is 0 Å². The van der Waals surface area contributed by atoms with E-state index in [9.17, 15) is 0 Å². The van der Waals surface area contributed by atoms with Crippen LogP contribution in [0, 0.1) is 11.8 Å². The predicted octanol–water partition coefficient (Wildman–Crippen LogP) is 1.94. The molecule has 2 unspecified atom stereocenters. The lowest BCUT2D eigenvalue weighted by molar-refractivity contribution is 0.0888. The predicted molar refractivity (Wildman–Crippen MR) is 114 cm³/mol. The molecule has 0 aromatic rings. The molecule has 2 saturated heterocycles.